The van der Waals surface area contributed by atoms with Gasteiger partial charge in [0.1, 0.15) is 6.72 Å². The van der Waals surface area contributed by atoms with Gasteiger partial charge in [-0.3, -0.25) is 0 Å². The van der Waals surface area contributed by atoms with Crippen molar-refractivity contribution < 1.29 is 4.74 Å². The molecule has 0 N–H and O–H groups in total. The second kappa shape index (κ2) is 6.20. The van der Waals surface area contributed by atoms with Crippen LogP contribution in [0.3, 0.4) is 0 Å². The van der Waals surface area contributed by atoms with E-state index in [2.05, 4.69) is 6.72 Å². The monoisotopic (exact) mass is 149 g/mol. The molecule has 0 aliphatic heterocycles. The SMILES string of the molecule is C=[N+]([O-])C(C)(C)C.[NaH].[NaH]. The molecule has 0 bridgehead atoms. The summed E-state index contributed by atoms with van der Waals surface area (Å²) < 4.78 is 0.688. The van der Waals surface area contributed by atoms with Gasteiger partial charge >= 0.3 is 59.1 Å². The van der Waals surface area contributed by atoms with Crippen molar-refractivity contribution in [2.24, 2.45) is 0 Å². The Bertz CT molecular complexity index is 87.4. The summed E-state index contributed by atoms with van der Waals surface area (Å²) in [5, 5.41) is 10.3. The summed E-state index contributed by atoms with van der Waals surface area (Å²) in [4.78, 5) is 0. The van der Waals surface area contributed by atoms with Crippen molar-refractivity contribution in [3.8, 4) is 0 Å². The molecule has 9 heavy (non-hydrogen) atoms. The zero-order chi connectivity index (χ0) is 6.08. The van der Waals surface area contributed by atoms with Gasteiger partial charge in [-0.15, -0.1) is 0 Å². The van der Waals surface area contributed by atoms with Gasteiger partial charge in [-0.05, 0) is 0 Å². The van der Waals surface area contributed by atoms with Crippen molar-refractivity contribution in [2.75, 3.05) is 0 Å². The molecule has 0 heterocycles. The standard InChI is InChI=1S/C5H11NO.2Na.2H/c1-5(2,3)6(4)7;;;;/h4H2,1-3H3;;;;. The second-order valence-electron chi connectivity index (χ2n) is 2.55. The molecular weight excluding hydrogens is 136 g/mol. The fourth-order valence-electron chi connectivity index (χ4n) is 0. The van der Waals surface area contributed by atoms with Crippen LogP contribution in [0.25, 0.3) is 0 Å². The van der Waals surface area contributed by atoms with Crippen LogP contribution >= 0.6 is 0 Å². The first kappa shape index (κ1) is 16.8. The van der Waals surface area contributed by atoms with Crippen LogP contribution in [0.15, 0.2) is 0 Å². The molecule has 0 spiro atoms. The van der Waals surface area contributed by atoms with E-state index in [4.69, 9.17) is 0 Å². The third-order valence-corrected chi connectivity index (χ3v) is 0.748. The molecule has 46 valence electrons. The summed E-state index contributed by atoms with van der Waals surface area (Å²) in [6.45, 7) is 8.62. The van der Waals surface area contributed by atoms with Crippen LogP contribution in [0.4, 0.5) is 0 Å². The van der Waals surface area contributed by atoms with Crippen LogP contribution < -0.4 is 0 Å². The first-order chi connectivity index (χ1) is 2.94. The Morgan fingerprint density at radius 1 is 1.22 bits per heavy atom. The van der Waals surface area contributed by atoms with Crippen LogP contribution in [0, 0.1) is 5.21 Å². The van der Waals surface area contributed by atoms with E-state index in [1.165, 1.54) is 0 Å². The molecule has 0 aliphatic carbocycles. The van der Waals surface area contributed by atoms with Gasteiger partial charge in [-0.1, -0.05) is 0 Å². The molecule has 0 amide bonds. The fraction of sp³-hybridized carbons (Fsp3) is 0.800. The van der Waals surface area contributed by atoms with Gasteiger partial charge in [-0.25, -0.2) is 4.74 Å². The number of nitrogens with zero attached hydrogens (tertiary/aromatic N) is 1. The van der Waals surface area contributed by atoms with Crippen LogP contribution in [-0.4, -0.2) is 76.1 Å². The molecule has 0 radical (unpaired) electrons. The molecule has 0 unspecified atom stereocenters. The van der Waals surface area contributed by atoms with Gasteiger partial charge in [-0.2, -0.15) is 0 Å². The van der Waals surface area contributed by atoms with Crippen molar-refractivity contribution in [3.05, 3.63) is 5.21 Å². The van der Waals surface area contributed by atoms with Gasteiger partial charge in [0.15, 0.2) is 5.54 Å². The summed E-state index contributed by atoms with van der Waals surface area (Å²) in [5.74, 6) is 0. The summed E-state index contributed by atoms with van der Waals surface area (Å²) in [7, 11) is 0. The molecule has 0 aromatic carbocycles. The minimum atomic E-state index is -0.333. The quantitative estimate of drug-likeness (QED) is 0.153. The zero-order valence-electron chi connectivity index (χ0n) is 5.06. The molecule has 0 aromatic heterocycles. The van der Waals surface area contributed by atoms with E-state index < -0.39 is 0 Å². The summed E-state index contributed by atoms with van der Waals surface area (Å²) >= 11 is 0. The predicted molar refractivity (Wildman–Crippen MR) is 44.8 cm³/mol. The third-order valence-electron chi connectivity index (χ3n) is 0.748. The summed E-state index contributed by atoms with van der Waals surface area (Å²) in [6.07, 6.45) is 0. The van der Waals surface area contributed by atoms with Crippen LogP contribution in [-0.2, 0) is 0 Å². The maximum atomic E-state index is 10.3. The molecule has 0 atom stereocenters. The first-order valence-corrected chi connectivity index (χ1v) is 2.22. The third kappa shape index (κ3) is 9.47. The van der Waals surface area contributed by atoms with Gasteiger partial charge < -0.3 is 5.21 Å². The van der Waals surface area contributed by atoms with E-state index in [1.54, 1.807) is 0 Å². The van der Waals surface area contributed by atoms with E-state index in [9.17, 15) is 5.21 Å². The van der Waals surface area contributed by atoms with E-state index in [-0.39, 0.29) is 64.7 Å². The van der Waals surface area contributed by atoms with Crippen molar-refractivity contribution in [1.29, 1.82) is 0 Å². The van der Waals surface area contributed by atoms with Crippen molar-refractivity contribution in [1.82, 2.24) is 0 Å². The van der Waals surface area contributed by atoms with Gasteiger partial charge in [0.2, 0.25) is 0 Å². The Morgan fingerprint density at radius 3 is 1.33 bits per heavy atom. The number of hydroxylamine groups is 1. The summed E-state index contributed by atoms with van der Waals surface area (Å²) in [6, 6.07) is 0. The Kier molecular flexibility index (Phi) is 11.6. The number of hydrogen-bond acceptors (Lipinski definition) is 1. The van der Waals surface area contributed by atoms with Crippen molar-refractivity contribution >= 4 is 65.8 Å². The van der Waals surface area contributed by atoms with Gasteiger partial charge in [0.05, 0.1) is 0 Å². The van der Waals surface area contributed by atoms with E-state index in [0.717, 1.165) is 0 Å². The topological polar surface area (TPSA) is 26.1 Å². The first-order valence-electron chi connectivity index (χ1n) is 2.22. The molecule has 0 rings (SSSR count). The molecule has 4 heteroatoms. The number of hydrogen-bond donors (Lipinski definition) is 0. The Labute approximate surface area is 101 Å². The van der Waals surface area contributed by atoms with Crippen LogP contribution in [0.2, 0.25) is 0 Å². The van der Waals surface area contributed by atoms with Gasteiger partial charge in [0.25, 0.3) is 0 Å². The zero-order valence-corrected chi connectivity index (χ0v) is 5.06. The van der Waals surface area contributed by atoms with Crippen molar-refractivity contribution in [2.45, 2.75) is 26.3 Å². The maximum absolute atomic E-state index is 10.3. The number of rotatable bonds is 0. The Morgan fingerprint density at radius 2 is 1.33 bits per heavy atom. The molecule has 0 aromatic rings. The molecule has 0 aliphatic rings. The van der Waals surface area contributed by atoms with Crippen LogP contribution in [0.1, 0.15) is 20.8 Å². The Balaban J connectivity index is -0.000000180. The van der Waals surface area contributed by atoms with Crippen LogP contribution in [0.5, 0.6) is 0 Å². The molecule has 2 nitrogen and oxygen atoms in total. The normalized spacial score (nSPS) is 8.78. The fourth-order valence-corrected chi connectivity index (χ4v) is 0. The Hall–Kier alpha value is 1.47. The van der Waals surface area contributed by atoms with Crippen molar-refractivity contribution in [3.63, 3.8) is 0 Å². The molecular formula is C5H13NNa2O. The minimum absolute atomic E-state index is 0. The van der Waals surface area contributed by atoms with E-state index >= 15 is 0 Å². The molecule has 0 fully saturated rings. The average Bonchev–Trinajstić information content (AvgIpc) is 1.31. The molecule has 0 saturated carbocycles. The predicted octanol–water partition coefficient (Wildman–Crippen LogP) is -0.301. The summed E-state index contributed by atoms with van der Waals surface area (Å²) in [5.41, 5.74) is -0.333. The van der Waals surface area contributed by atoms with E-state index in [0.29, 0.717) is 4.74 Å². The average molecular weight is 149 g/mol. The molecule has 0 saturated heterocycles. The second-order valence-corrected chi connectivity index (χ2v) is 2.55. The van der Waals surface area contributed by atoms with E-state index in [1.807, 2.05) is 20.8 Å². The van der Waals surface area contributed by atoms with Gasteiger partial charge in [0, 0.05) is 20.8 Å².